The Labute approximate surface area is 176 Å². The van der Waals surface area contributed by atoms with Crippen molar-refractivity contribution in [2.24, 2.45) is 5.16 Å². The van der Waals surface area contributed by atoms with Gasteiger partial charge in [0.05, 0.1) is 6.21 Å². The molecule has 1 heterocycles. The first-order chi connectivity index (χ1) is 14.3. The molecule has 0 spiro atoms. The van der Waals surface area contributed by atoms with Crippen LogP contribution in [0.5, 0.6) is 5.75 Å². The molecule has 0 aliphatic heterocycles. The van der Waals surface area contributed by atoms with Crippen LogP contribution in [0.4, 0.5) is 0 Å². The molecule has 158 valence electrons. The van der Waals surface area contributed by atoms with Gasteiger partial charge in [0, 0.05) is 29.2 Å². The summed E-state index contributed by atoms with van der Waals surface area (Å²) >= 11 is 0. The third-order valence-corrected chi connectivity index (χ3v) is 4.90. The highest BCUT2D eigenvalue weighted by atomic mass is 16.6. The molecule has 0 unspecified atom stereocenters. The Bertz CT molecular complexity index is 1040. The number of nitrogens with zero attached hydrogens (tertiary/aromatic N) is 2. The number of carboxylic acids is 1. The van der Waals surface area contributed by atoms with Crippen LogP contribution in [0, 0.1) is 0 Å². The quantitative estimate of drug-likeness (QED) is 0.422. The number of rotatable bonds is 8. The molecule has 0 fully saturated rings. The zero-order valence-corrected chi connectivity index (χ0v) is 17.9. The molecule has 0 bridgehead atoms. The summed E-state index contributed by atoms with van der Waals surface area (Å²) in [5.41, 5.74) is 4.43. The van der Waals surface area contributed by atoms with Crippen LogP contribution in [-0.2, 0) is 28.2 Å². The molecule has 1 N–H and O–H groups in total. The number of aliphatic carboxylic acids is 1. The number of carbonyl (C=O) groups is 1. The Morgan fingerprint density at radius 1 is 1.17 bits per heavy atom. The molecule has 0 atom stereocenters. The SMILES string of the molecule is CCn1cc(/C=N/OCC(=O)O)c2cc(OCc3ccc(C(C)(C)C)cc3)ccc21. The summed E-state index contributed by atoms with van der Waals surface area (Å²) in [6, 6.07) is 14.5. The van der Waals surface area contributed by atoms with E-state index in [-0.39, 0.29) is 5.41 Å². The molecule has 0 radical (unpaired) electrons. The normalized spacial score (nSPS) is 11.9. The van der Waals surface area contributed by atoms with Gasteiger partial charge in [-0.05, 0) is 41.7 Å². The highest BCUT2D eigenvalue weighted by Crippen LogP contribution is 2.27. The number of fused-ring (bicyclic) bond motifs is 1. The fraction of sp³-hybridized carbons (Fsp3) is 0.333. The van der Waals surface area contributed by atoms with Crippen LogP contribution in [0.3, 0.4) is 0 Å². The lowest BCUT2D eigenvalue weighted by Gasteiger charge is -2.19. The first-order valence-electron chi connectivity index (χ1n) is 10.00. The maximum absolute atomic E-state index is 10.6. The van der Waals surface area contributed by atoms with Crippen molar-refractivity contribution in [2.75, 3.05) is 6.61 Å². The summed E-state index contributed by atoms with van der Waals surface area (Å²) in [6.45, 7) is 9.48. The van der Waals surface area contributed by atoms with Crippen molar-refractivity contribution in [3.05, 3.63) is 65.4 Å². The average molecular weight is 408 g/mol. The number of benzene rings is 2. The fourth-order valence-corrected chi connectivity index (χ4v) is 3.21. The molecule has 0 amide bonds. The van der Waals surface area contributed by atoms with Gasteiger partial charge in [-0.2, -0.15) is 0 Å². The molecular formula is C24H28N2O4. The minimum absolute atomic E-state index is 0.128. The van der Waals surface area contributed by atoms with Crippen LogP contribution in [0.1, 0.15) is 44.4 Å². The predicted octanol–water partition coefficient (Wildman–Crippen LogP) is 4.97. The van der Waals surface area contributed by atoms with Gasteiger partial charge in [-0.25, -0.2) is 4.79 Å². The number of oxime groups is 1. The second kappa shape index (κ2) is 9.03. The van der Waals surface area contributed by atoms with Gasteiger partial charge in [0.25, 0.3) is 0 Å². The number of aryl methyl sites for hydroxylation is 1. The largest absolute Gasteiger partial charge is 0.489 e. The number of hydrogen-bond donors (Lipinski definition) is 1. The van der Waals surface area contributed by atoms with Crippen molar-refractivity contribution in [1.29, 1.82) is 0 Å². The summed E-state index contributed by atoms with van der Waals surface area (Å²) in [6.07, 6.45) is 3.50. The smallest absolute Gasteiger partial charge is 0.344 e. The molecule has 0 aliphatic carbocycles. The van der Waals surface area contributed by atoms with Crippen molar-refractivity contribution < 1.29 is 19.5 Å². The van der Waals surface area contributed by atoms with E-state index in [0.29, 0.717) is 6.61 Å². The van der Waals surface area contributed by atoms with Crippen molar-refractivity contribution in [1.82, 2.24) is 4.57 Å². The second-order valence-corrected chi connectivity index (χ2v) is 8.19. The van der Waals surface area contributed by atoms with Crippen LogP contribution >= 0.6 is 0 Å². The first kappa shape index (κ1) is 21.4. The molecule has 0 saturated heterocycles. The summed E-state index contributed by atoms with van der Waals surface area (Å²) in [4.78, 5) is 15.3. The minimum Gasteiger partial charge on any atom is -0.489 e. The third kappa shape index (κ3) is 5.20. The summed E-state index contributed by atoms with van der Waals surface area (Å²) in [5.74, 6) is -0.299. The first-order valence-corrected chi connectivity index (χ1v) is 10.00. The maximum atomic E-state index is 10.6. The van der Waals surface area contributed by atoms with Gasteiger partial charge >= 0.3 is 5.97 Å². The van der Waals surface area contributed by atoms with E-state index >= 15 is 0 Å². The lowest BCUT2D eigenvalue weighted by Crippen LogP contribution is -2.10. The van der Waals surface area contributed by atoms with Gasteiger partial charge in [0.15, 0.2) is 0 Å². The fourth-order valence-electron chi connectivity index (χ4n) is 3.21. The monoisotopic (exact) mass is 408 g/mol. The van der Waals surface area contributed by atoms with Crippen LogP contribution < -0.4 is 4.74 Å². The van der Waals surface area contributed by atoms with E-state index in [0.717, 1.165) is 34.3 Å². The van der Waals surface area contributed by atoms with E-state index in [2.05, 4.69) is 61.7 Å². The summed E-state index contributed by atoms with van der Waals surface area (Å²) in [5, 5.41) is 13.4. The van der Waals surface area contributed by atoms with Gasteiger partial charge in [-0.3, -0.25) is 0 Å². The standard InChI is InChI=1S/C24H28N2O4/c1-5-26-14-18(13-25-30-16-23(27)28)21-12-20(10-11-22(21)26)29-15-17-6-8-19(9-7-17)24(2,3)4/h6-14H,5,15-16H2,1-4H3,(H,27,28)/b25-13+. The molecule has 6 heteroatoms. The molecule has 30 heavy (non-hydrogen) atoms. The zero-order chi connectivity index (χ0) is 21.7. The van der Waals surface area contributed by atoms with Gasteiger partial charge < -0.3 is 19.2 Å². The van der Waals surface area contributed by atoms with E-state index in [9.17, 15) is 4.79 Å². The maximum Gasteiger partial charge on any atom is 0.344 e. The summed E-state index contributed by atoms with van der Waals surface area (Å²) < 4.78 is 8.12. The molecule has 3 rings (SSSR count). The van der Waals surface area contributed by atoms with Gasteiger partial charge in [-0.15, -0.1) is 0 Å². The van der Waals surface area contributed by atoms with Crippen LogP contribution in [0.15, 0.2) is 53.8 Å². The predicted molar refractivity (Wildman–Crippen MR) is 118 cm³/mol. The number of aromatic nitrogens is 1. The van der Waals surface area contributed by atoms with Crippen molar-refractivity contribution >= 4 is 23.1 Å². The van der Waals surface area contributed by atoms with E-state index < -0.39 is 12.6 Å². The Kier molecular flexibility index (Phi) is 6.45. The highest BCUT2D eigenvalue weighted by Gasteiger charge is 2.13. The van der Waals surface area contributed by atoms with Crippen molar-refractivity contribution in [3.63, 3.8) is 0 Å². The van der Waals surface area contributed by atoms with Gasteiger partial charge in [-0.1, -0.05) is 50.2 Å². The summed E-state index contributed by atoms with van der Waals surface area (Å²) in [7, 11) is 0. The second-order valence-electron chi connectivity index (χ2n) is 8.19. The molecule has 2 aromatic carbocycles. The van der Waals surface area contributed by atoms with Gasteiger partial charge in [0.1, 0.15) is 12.4 Å². The van der Waals surface area contributed by atoms with Crippen LogP contribution in [-0.4, -0.2) is 28.5 Å². The third-order valence-electron chi connectivity index (χ3n) is 4.90. The number of hydrogen-bond acceptors (Lipinski definition) is 4. The van der Waals surface area contributed by atoms with Crippen molar-refractivity contribution in [2.45, 2.75) is 46.3 Å². The van der Waals surface area contributed by atoms with Gasteiger partial charge in [0.2, 0.25) is 6.61 Å². The molecule has 0 saturated carbocycles. The zero-order valence-electron chi connectivity index (χ0n) is 17.9. The van der Waals surface area contributed by atoms with Crippen LogP contribution in [0.2, 0.25) is 0 Å². The van der Waals surface area contributed by atoms with Crippen LogP contribution in [0.25, 0.3) is 10.9 Å². The Balaban J connectivity index is 1.76. The Morgan fingerprint density at radius 2 is 1.90 bits per heavy atom. The Morgan fingerprint density at radius 3 is 2.53 bits per heavy atom. The molecule has 1 aromatic heterocycles. The number of ether oxygens (including phenoxy) is 1. The molecular weight excluding hydrogens is 380 g/mol. The van der Waals surface area contributed by atoms with E-state index in [1.807, 2.05) is 24.4 Å². The lowest BCUT2D eigenvalue weighted by molar-refractivity contribution is -0.142. The minimum atomic E-state index is -1.06. The number of carboxylic acid groups (broad SMARTS) is 1. The molecule has 6 nitrogen and oxygen atoms in total. The molecule has 3 aromatic rings. The van der Waals surface area contributed by atoms with E-state index in [1.54, 1.807) is 0 Å². The average Bonchev–Trinajstić information content (AvgIpc) is 3.06. The van der Waals surface area contributed by atoms with E-state index in [1.165, 1.54) is 11.8 Å². The lowest BCUT2D eigenvalue weighted by atomic mass is 9.87. The highest BCUT2D eigenvalue weighted by molar-refractivity contribution is 5.99. The molecule has 0 aliphatic rings. The topological polar surface area (TPSA) is 73.1 Å². The Hall–Kier alpha value is -3.28. The van der Waals surface area contributed by atoms with E-state index in [4.69, 9.17) is 14.7 Å². The van der Waals surface area contributed by atoms with Crippen molar-refractivity contribution in [3.8, 4) is 5.75 Å².